The highest BCUT2D eigenvalue weighted by molar-refractivity contribution is 7.98. The van der Waals surface area contributed by atoms with E-state index in [0.717, 1.165) is 33.9 Å². The highest BCUT2D eigenvalue weighted by Crippen LogP contribution is 2.29. The first-order valence-electron chi connectivity index (χ1n) is 5.74. The molecule has 0 unspecified atom stereocenters. The van der Waals surface area contributed by atoms with Crippen molar-refractivity contribution >= 4 is 34.5 Å². The Balaban J connectivity index is 1.82. The van der Waals surface area contributed by atoms with Crippen LogP contribution in [0.2, 0.25) is 5.02 Å². The van der Waals surface area contributed by atoms with Gasteiger partial charge in [0, 0.05) is 16.3 Å². The summed E-state index contributed by atoms with van der Waals surface area (Å²) in [5, 5.41) is 5.20. The molecule has 0 bridgehead atoms. The van der Waals surface area contributed by atoms with Gasteiger partial charge in [-0.15, -0.1) is 0 Å². The zero-order chi connectivity index (χ0) is 13.4. The molecule has 19 heavy (non-hydrogen) atoms. The van der Waals surface area contributed by atoms with Crippen LogP contribution in [-0.2, 0) is 5.75 Å². The molecule has 0 fully saturated rings. The maximum Gasteiger partial charge on any atom is 0.257 e. The number of oxazole rings is 1. The van der Waals surface area contributed by atoms with Crippen LogP contribution in [0, 0.1) is 13.8 Å². The van der Waals surface area contributed by atoms with E-state index in [0.29, 0.717) is 10.2 Å². The van der Waals surface area contributed by atoms with Gasteiger partial charge in [-0.2, -0.15) is 0 Å². The van der Waals surface area contributed by atoms with Gasteiger partial charge in [0.15, 0.2) is 5.58 Å². The number of benzene rings is 1. The summed E-state index contributed by atoms with van der Waals surface area (Å²) in [6, 6.07) is 5.41. The van der Waals surface area contributed by atoms with Gasteiger partial charge in [-0.25, -0.2) is 4.98 Å². The molecule has 6 heteroatoms. The molecule has 0 aliphatic heterocycles. The molecule has 2 aromatic heterocycles. The minimum Gasteiger partial charge on any atom is -0.431 e. The first-order valence-corrected chi connectivity index (χ1v) is 7.10. The van der Waals surface area contributed by atoms with Crippen molar-refractivity contribution in [1.29, 1.82) is 0 Å². The van der Waals surface area contributed by atoms with Gasteiger partial charge in [-0.05, 0) is 32.0 Å². The molecule has 0 spiro atoms. The molecule has 98 valence electrons. The maximum absolute atomic E-state index is 5.92. The number of hydrogen-bond acceptors (Lipinski definition) is 5. The van der Waals surface area contributed by atoms with E-state index in [1.165, 1.54) is 11.8 Å². The average molecular weight is 295 g/mol. The number of rotatable bonds is 3. The van der Waals surface area contributed by atoms with E-state index in [-0.39, 0.29) is 0 Å². The van der Waals surface area contributed by atoms with Crippen LogP contribution in [0.3, 0.4) is 0 Å². The van der Waals surface area contributed by atoms with Gasteiger partial charge in [-0.3, -0.25) is 0 Å². The molecule has 1 aromatic carbocycles. The van der Waals surface area contributed by atoms with Crippen LogP contribution in [0.1, 0.15) is 17.0 Å². The summed E-state index contributed by atoms with van der Waals surface area (Å²) in [6.07, 6.45) is 0. The van der Waals surface area contributed by atoms with Crippen LogP contribution in [0.4, 0.5) is 0 Å². The first-order chi connectivity index (χ1) is 9.13. The topological polar surface area (TPSA) is 52.1 Å². The Morgan fingerprint density at radius 2 is 2.16 bits per heavy atom. The number of fused-ring (bicyclic) bond motifs is 1. The number of halogens is 1. The quantitative estimate of drug-likeness (QED) is 0.671. The van der Waals surface area contributed by atoms with Crippen molar-refractivity contribution in [3.8, 4) is 0 Å². The van der Waals surface area contributed by atoms with Gasteiger partial charge in [-0.1, -0.05) is 28.5 Å². The van der Waals surface area contributed by atoms with E-state index >= 15 is 0 Å². The Morgan fingerprint density at radius 1 is 1.32 bits per heavy atom. The fourth-order valence-electron chi connectivity index (χ4n) is 1.78. The van der Waals surface area contributed by atoms with Crippen molar-refractivity contribution < 1.29 is 8.94 Å². The molecule has 0 atom stereocenters. The summed E-state index contributed by atoms with van der Waals surface area (Å²) < 4.78 is 10.8. The molecule has 0 amide bonds. The number of aryl methyl sites for hydroxylation is 2. The zero-order valence-electron chi connectivity index (χ0n) is 10.4. The molecule has 0 radical (unpaired) electrons. The lowest BCUT2D eigenvalue weighted by atomic mass is 10.2. The zero-order valence-corrected chi connectivity index (χ0v) is 12.0. The molecule has 2 heterocycles. The van der Waals surface area contributed by atoms with Gasteiger partial charge < -0.3 is 8.94 Å². The lowest BCUT2D eigenvalue weighted by Gasteiger charge is -1.95. The summed E-state index contributed by atoms with van der Waals surface area (Å²) in [6.45, 7) is 3.83. The van der Waals surface area contributed by atoms with Crippen molar-refractivity contribution in [3.05, 3.63) is 40.2 Å². The van der Waals surface area contributed by atoms with Gasteiger partial charge in [0.05, 0.1) is 5.69 Å². The molecule has 0 aliphatic carbocycles. The fourth-order valence-corrected chi connectivity index (χ4v) is 2.94. The van der Waals surface area contributed by atoms with Crippen LogP contribution >= 0.6 is 23.4 Å². The second-order valence-corrected chi connectivity index (χ2v) is 5.55. The lowest BCUT2D eigenvalue weighted by molar-refractivity contribution is 0.392. The minimum absolute atomic E-state index is 0.622. The monoisotopic (exact) mass is 294 g/mol. The minimum atomic E-state index is 0.622. The highest BCUT2D eigenvalue weighted by Gasteiger charge is 2.12. The number of hydrogen-bond donors (Lipinski definition) is 0. The summed E-state index contributed by atoms with van der Waals surface area (Å²) in [5.41, 5.74) is 3.51. The summed E-state index contributed by atoms with van der Waals surface area (Å²) in [7, 11) is 0. The average Bonchev–Trinajstić information content (AvgIpc) is 2.91. The molecule has 0 saturated carbocycles. The van der Waals surface area contributed by atoms with E-state index in [1.807, 2.05) is 19.9 Å². The Hall–Kier alpha value is -1.46. The van der Waals surface area contributed by atoms with Gasteiger partial charge in [0.1, 0.15) is 11.3 Å². The van der Waals surface area contributed by atoms with Gasteiger partial charge in [0.2, 0.25) is 0 Å². The van der Waals surface area contributed by atoms with E-state index in [1.54, 1.807) is 12.1 Å². The van der Waals surface area contributed by atoms with Crippen molar-refractivity contribution in [2.75, 3.05) is 0 Å². The van der Waals surface area contributed by atoms with Crippen LogP contribution in [0.15, 0.2) is 32.4 Å². The van der Waals surface area contributed by atoms with Crippen molar-refractivity contribution in [3.63, 3.8) is 0 Å². The highest BCUT2D eigenvalue weighted by atomic mass is 35.5. The Labute approximate surface area is 119 Å². The fraction of sp³-hybridized carbons (Fsp3) is 0.231. The first kappa shape index (κ1) is 12.6. The summed E-state index contributed by atoms with van der Waals surface area (Å²) in [4.78, 5) is 4.39. The number of nitrogens with zero attached hydrogens (tertiary/aromatic N) is 2. The molecule has 3 aromatic rings. The Bertz CT molecular complexity index is 716. The van der Waals surface area contributed by atoms with E-state index in [2.05, 4.69) is 10.1 Å². The standard InChI is InChI=1S/C13H11ClN2O2S/c1-7-10(8(2)18-16-7)6-19-13-15-11-5-9(14)3-4-12(11)17-13/h3-5H,6H2,1-2H3. The number of thioether (sulfide) groups is 1. The predicted octanol–water partition coefficient (Wildman–Crippen LogP) is 4.38. The second kappa shape index (κ2) is 4.90. The molecule has 0 aliphatic rings. The maximum atomic E-state index is 5.92. The molecular weight excluding hydrogens is 284 g/mol. The van der Waals surface area contributed by atoms with Crippen molar-refractivity contribution in [2.45, 2.75) is 24.8 Å². The lowest BCUT2D eigenvalue weighted by Crippen LogP contribution is -1.84. The second-order valence-electron chi connectivity index (χ2n) is 4.18. The smallest absolute Gasteiger partial charge is 0.257 e. The number of aromatic nitrogens is 2. The van der Waals surface area contributed by atoms with Gasteiger partial charge >= 0.3 is 0 Å². The van der Waals surface area contributed by atoms with Crippen LogP contribution in [0.5, 0.6) is 0 Å². The predicted molar refractivity (Wildman–Crippen MR) is 74.6 cm³/mol. The van der Waals surface area contributed by atoms with E-state index < -0.39 is 0 Å². The largest absolute Gasteiger partial charge is 0.431 e. The Kier molecular flexibility index (Phi) is 3.24. The molecule has 3 rings (SSSR count). The van der Waals surface area contributed by atoms with Gasteiger partial charge in [0.25, 0.3) is 5.22 Å². The molecule has 0 saturated heterocycles. The molecule has 4 nitrogen and oxygen atoms in total. The van der Waals surface area contributed by atoms with Crippen LogP contribution < -0.4 is 0 Å². The van der Waals surface area contributed by atoms with Crippen LogP contribution in [0.25, 0.3) is 11.1 Å². The third-order valence-electron chi connectivity index (χ3n) is 2.85. The van der Waals surface area contributed by atoms with Crippen LogP contribution in [-0.4, -0.2) is 10.1 Å². The van der Waals surface area contributed by atoms with E-state index in [4.69, 9.17) is 20.5 Å². The van der Waals surface area contributed by atoms with Crippen molar-refractivity contribution in [2.24, 2.45) is 0 Å². The third kappa shape index (κ3) is 2.48. The third-order valence-corrected chi connectivity index (χ3v) is 3.94. The summed E-state index contributed by atoms with van der Waals surface area (Å²) >= 11 is 7.44. The molecule has 0 N–H and O–H groups in total. The SMILES string of the molecule is Cc1noc(C)c1CSc1nc2cc(Cl)ccc2o1. The van der Waals surface area contributed by atoms with Crippen molar-refractivity contribution in [1.82, 2.24) is 10.1 Å². The summed E-state index contributed by atoms with van der Waals surface area (Å²) in [5.74, 6) is 1.56. The molecular formula is C13H11ClN2O2S. The Morgan fingerprint density at radius 3 is 2.89 bits per heavy atom. The van der Waals surface area contributed by atoms with E-state index in [9.17, 15) is 0 Å². The normalized spacial score (nSPS) is 11.3.